The standard InChI is InChI=1S/C34H41N7O5S/c1-39(47(4,42)43)30-8-6-5-7-25(30)22-35-32-28-15-16-41(23-24-9-12-27(44-2)13-10-24)33(28)38-34(37-32)36-29-14-11-26(21-31(29)45-3)40-17-19-46-20-18-40/h5-14,21H,15-20,22-23H2,1-4H3,(H2,35,36,37,38). The second-order valence-corrected chi connectivity index (χ2v) is 13.6. The van der Waals surface area contributed by atoms with Crippen LogP contribution in [0.1, 0.15) is 16.7 Å². The van der Waals surface area contributed by atoms with E-state index in [-0.39, 0.29) is 0 Å². The quantitative estimate of drug-likeness (QED) is 0.221. The van der Waals surface area contributed by atoms with Gasteiger partial charge in [0.2, 0.25) is 16.0 Å². The molecular formula is C34H41N7O5S. The fraction of sp³-hybridized carbons (Fsp3) is 0.353. The number of anilines is 6. The Labute approximate surface area is 276 Å². The predicted octanol–water partition coefficient (Wildman–Crippen LogP) is 4.64. The Bertz CT molecular complexity index is 1810. The molecule has 2 aliphatic rings. The summed E-state index contributed by atoms with van der Waals surface area (Å²) in [4.78, 5) is 14.5. The number of hydrogen-bond acceptors (Lipinski definition) is 11. The Morgan fingerprint density at radius 3 is 2.45 bits per heavy atom. The zero-order valence-electron chi connectivity index (χ0n) is 27.2. The van der Waals surface area contributed by atoms with Gasteiger partial charge in [0.15, 0.2) is 0 Å². The molecule has 0 radical (unpaired) electrons. The van der Waals surface area contributed by atoms with E-state index in [1.54, 1.807) is 27.3 Å². The zero-order chi connectivity index (χ0) is 33.0. The molecule has 13 heteroatoms. The first-order valence-corrected chi connectivity index (χ1v) is 17.4. The SMILES string of the molecule is COc1ccc(CN2CCc3c(NCc4ccccc4N(C)S(C)(=O)=O)nc(Nc4ccc(N5CCOCC5)cc4OC)nc32)cc1. The van der Waals surface area contributed by atoms with Crippen molar-refractivity contribution in [1.29, 1.82) is 0 Å². The van der Waals surface area contributed by atoms with Crippen molar-refractivity contribution < 1.29 is 22.6 Å². The first-order chi connectivity index (χ1) is 22.7. The summed E-state index contributed by atoms with van der Waals surface area (Å²) in [6.07, 6.45) is 1.96. The fourth-order valence-corrected chi connectivity index (χ4v) is 6.41. The van der Waals surface area contributed by atoms with Gasteiger partial charge in [0, 0.05) is 57.1 Å². The highest BCUT2D eigenvalue weighted by Gasteiger charge is 2.27. The third-order valence-electron chi connectivity index (χ3n) is 8.53. The minimum absolute atomic E-state index is 0.370. The van der Waals surface area contributed by atoms with Gasteiger partial charge in [-0.2, -0.15) is 9.97 Å². The molecule has 3 aromatic carbocycles. The number of para-hydroxylation sites is 1. The lowest BCUT2D eigenvalue weighted by Gasteiger charge is -2.29. The molecule has 0 saturated carbocycles. The first-order valence-electron chi connectivity index (χ1n) is 15.6. The largest absolute Gasteiger partial charge is 0.497 e. The number of fused-ring (bicyclic) bond motifs is 1. The molecule has 0 unspecified atom stereocenters. The van der Waals surface area contributed by atoms with E-state index in [1.807, 2.05) is 42.5 Å². The number of rotatable bonds is 12. The van der Waals surface area contributed by atoms with Gasteiger partial charge >= 0.3 is 0 Å². The molecule has 1 fully saturated rings. The van der Waals surface area contributed by atoms with Gasteiger partial charge in [-0.15, -0.1) is 0 Å². The van der Waals surface area contributed by atoms with Crippen LogP contribution in [0, 0.1) is 0 Å². The van der Waals surface area contributed by atoms with Crippen molar-refractivity contribution >= 4 is 44.7 Å². The van der Waals surface area contributed by atoms with Crippen molar-refractivity contribution in [1.82, 2.24) is 9.97 Å². The summed E-state index contributed by atoms with van der Waals surface area (Å²) >= 11 is 0. The van der Waals surface area contributed by atoms with Crippen LogP contribution < -0.4 is 34.2 Å². The second-order valence-electron chi connectivity index (χ2n) is 11.5. The molecule has 3 heterocycles. The molecule has 0 aliphatic carbocycles. The Kier molecular flexibility index (Phi) is 9.55. The van der Waals surface area contributed by atoms with E-state index >= 15 is 0 Å². The van der Waals surface area contributed by atoms with Crippen LogP contribution in [0.4, 0.5) is 34.6 Å². The van der Waals surface area contributed by atoms with Crippen molar-refractivity contribution in [3.8, 4) is 11.5 Å². The highest BCUT2D eigenvalue weighted by molar-refractivity contribution is 7.92. The van der Waals surface area contributed by atoms with Gasteiger partial charge in [-0.3, -0.25) is 4.31 Å². The van der Waals surface area contributed by atoms with Gasteiger partial charge in [-0.25, -0.2) is 8.42 Å². The maximum absolute atomic E-state index is 12.4. The number of methoxy groups -OCH3 is 2. The molecule has 0 atom stereocenters. The highest BCUT2D eigenvalue weighted by atomic mass is 32.2. The lowest BCUT2D eigenvalue weighted by molar-refractivity contribution is 0.122. The molecule has 248 valence electrons. The molecule has 47 heavy (non-hydrogen) atoms. The zero-order valence-corrected chi connectivity index (χ0v) is 28.0. The minimum Gasteiger partial charge on any atom is -0.497 e. The van der Waals surface area contributed by atoms with Crippen molar-refractivity contribution in [2.75, 3.05) is 85.1 Å². The van der Waals surface area contributed by atoms with Crippen LogP contribution in [0.5, 0.6) is 11.5 Å². The summed E-state index contributed by atoms with van der Waals surface area (Å²) in [5.74, 6) is 3.44. The Morgan fingerprint density at radius 1 is 0.957 bits per heavy atom. The number of hydrogen-bond donors (Lipinski definition) is 2. The van der Waals surface area contributed by atoms with Gasteiger partial charge in [-0.05, 0) is 47.9 Å². The third-order valence-corrected chi connectivity index (χ3v) is 9.72. The third kappa shape index (κ3) is 7.31. The molecule has 12 nitrogen and oxygen atoms in total. The van der Waals surface area contributed by atoms with Crippen molar-refractivity contribution in [2.45, 2.75) is 19.5 Å². The van der Waals surface area contributed by atoms with Crippen LogP contribution in [-0.2, 0) is 34.3 Å². The average molecular weight is 660 g/mol. The Balaban J connectivity index is 1.32. The first kappa shape index (κ1) is 32.2. The van der Waals surface area contributed by atoms with Crippen LogP contribution in [0.3, 0.4) is 0 Å². The Morgan fingerprint density at radius 2 is 1.72 bits per heavy atom. The summed E-state index contributed by atoms with van der Waals surface area (Å²) in [6, 6.07) is 21.6. The van der Waals surface area contributed by atoms with Crippen LogP contribution in [-0.4, -0.2) is 78.8 Å². The predicted molar refractivity (Wildman–Crippen MR) is 186 cm³/mol. The number of nitrogens with zero attached hydrogens (tertiary/aromatic N) is 5. The fourth-order valence-electron chi connectivity index (χ4n) is 5.87. The van der Waals surface area contributed by atoms with E-state index in [0.717, 1.165) is 65.7 Å². The van der Waals surface area contributed by atoms with Crippen LogP contribution >= 0.6 is 0 Å². The van der Waals surface area contributed by atoms with Crippen LogP contribution in [0.25, 0.3) is 0 Å². The highest BCUT2D eigenvalue weighted by Crippen LogP contribution is 2.37. The maximum Gasteiger partial charge on any atom is 0.232 e. The van der Waals surface area contributed by atoms with Crippen LogP contribution in [0.2, 0.25) is 0 Å². The number of sulfonamides is 1. The van der Waals surface area contributed by atoms with Gasteiger partial charge in [0.05, 0.1) is 45.1 Å². The van der Waals surface area contributed by atoms with Crippen molar-refractivity contribution in [3.05, 3.63) is 83.4 Å². The minimum atomic E-state index is -3.44. The van der Waals surface area contributed by atoms with E-state index in [1.165, 1.54) is 10.6 Å². The van der Waals surface area contributed by atoms with E-state index in [9.17, 15) is 8.42 Å². The summed E-state index contributed by atoms with van der Waals surface area (Å²) in [5.41, 5.74) is 5.40. The van der Waals surface area contributed by atoms with E-state index < -0.39 is 10.0 Å². The van der Waals surface area contributed by atoms with Gasteiger partial charge in [-0.1, -0.05) is 30.3 Å². The molecule has 0 bridgehead atoms. The smallest absolute Gasteiger partial charge is 0.232 e. The average Bonchev–Trinajstić information content (AvgIpc) is 3.49. The molecule has 0 amide bonds. The van der Waals surface area contributed by atoms with Crippen molar-refractivity contribution in [2.24, 2.45) is 0 Å². The van der Waals surface area contributed by atoms with Gasteiger partial charge < -0.3 is 34.6 Å². The van der Waals surface area contributed by atoms with Gasteiger partial charge in [0.1, 0.15) is 23.1 Å². The number of nitrogens with one attached hydrogen (secondary N) is 2. The topological polar surface area (TPSA) is 121 Å². The molecule has 1 saturated heterocycles. The summed E-state index contributed by atoms with van der Waals surface area (Å²) in [6.45, 7) is 4.87. The molecule has 2 aliphatic heterocycles. The summed E-state index contributed by atoms with van der Waals surface area (Å²) in [7, 11) is 1.44. The maximum atomic E-state index is 12.4. The number of morpholine rings is 1. The summed E-state index contributed by atoms with van der Waals surface area (Å²) in [5, 5.41) is 6.92. The molecule has 4 aromatic rings. The Hall–Kier alpha value is -4.75. The lowest BCUT2D eigenvalue weighted by Crippen LogP contribution is -2.36. The molecule has 1 aromatic heterocycles. The molecular weight excluding hydrogens is 618 g/mol. The monoisotopic (exact) mass is 659 g/mol. The number of benzene rings is 3. The van der Waals surface area contributed by atoms with Crippen LogP contribution in [0.15, 0.2) is 66.7 Å². The van der Waals surface area contributed by atoms with E-state index in [0.29, 0.717) is 49.5 Å². The summed E-state index contributed by atoms with van der Waals surface area (Å²) < 4.78 is 42.7. The number of ether oxygens (including phenoxy) is 3. The molecule has 2 N–H and O–H groups in total. The van der Waals surface area contributed by atoms with Crippen molar-refractivity contribution in [3.63, 3.8) is 0 Å². The molecule has 0 spiro atoms. The molecule has 6 rings (SSSR count). The van der Waals surface area contributed by atoms with E-state index in [4.69, 9.17) is 24.2 Å². The number of aromatic nitrogens is 2. The van der Waals surface area contributed by atoms with Gasteiger partial charge in [0.25, 0.3) is 0 Å². The lowest BCUT2D eigenvalue weighted by atomic mass is 10.1. The normalized spacial score (nSPS) is 14.5. The second kappa shape index (κ2) is 13.9. The van der Waals surface area contributed by atoms with E-state index in [2.05, 4.69) is 38.6 Å².